The number of nitrogens with zero attached hydrogens (tertiary/aromatic N) is 2. The average molecular weight is 373 g/mol. The van der Waals surface area contributed by atoms with E-state index in [9.17, 15) is 4.79 Å². The zero-order chi connectivity index (χ0) is 16.4. The highest BCUT2D eigenvalue weighted by Crippen LogP contribution is 2.29. The summed E-state index contributed by atoms with van der Waals surface area (Å²) >= 11 is 3.43. The van der Waals surface area contributed by atoms with Gasteiger partial charge >= 0.3 is 5.97 Å². The summed E-state index contributed by atoms with van der Waals surface area (Å²) in [7, 11) is 1.60. The average Bonchev–Trinajstić information content (AvgIpc) is 2.90. The van der Waals surface area contributed by atoms with Gasteiger partial charge in [-0.1, -0.05) is 12.1 Å². The van der Waals surface area contributed by atoms with Gasteiger partial charge in [0.25, 0.3) is 0 Å². The van der Waals surface area contributed by atoms with E-state index in [1.54, 1.807) is 13.2 Å². The number of carboxylic acid groups (broad SMARTS) is 1. The molecule has 0 radical (unpaired) electrons. The lowest BCUT2D eigenvalue weighted by atomic mass is 10.1. The minimum Gasteiger partial charge on any atom is -0.497 e. The number of methoxy groups -OCH3 is 1. The number of pyridine rings is 1. The Labute approximate surface area is 141 Å². The number of halogens is 1. The molecule has 0 aliphatic heterocycles. The molecule has 0 aliphatic rings. The van der Waals surface area contributed by atoms with E-state index in [2.05, 4.69) is 20.9 Å². The number of imidazole rings is 1. The van der Waals surface area contributed by atoms with Crippen LogP contribution in [0.15, 0.2) is 53.1 Å². The molecule has 6 heteroatoms. The highest BCUT2D eigenvalue weighted by molar-refractivity contribution is 9.10. The van der Waals surface area contributed by atoms with Crippen LogP contribution in [0.5, 0.6) is 5.75 Å². The molecule has 0 unspecified atom stereocenters. The van der Waals surface area contributed by atoms with Crippen molar-refractivity contribution in [1.82, 2.24) is 9.38 Å². The van der Waals surface area contributed by atoms with Crippen LogP contribution in [0.1, 0.15) is 5.69 Å². The quantitative estimate of drug-likeness (QED) is 0.706. The molecule has 3 rings (SSSR count). The maximum atomic E-state index is 10.9. The van der Waals surface area contributed by atoms with E-state index < -0.39 is 5.97 Å². The summed E-state index contributed by atoms with van der Waals surface area (Å²) in [5.74, 6) is -0.291. The Balaban J connectivity index is 2.26. The van der Waals surface area contributed by atoms with Crippen molar-refractivity contribution in [3.63, 3.8) is 0 Å². The lowest BCUT2D eigenvalue weighted by Gasteiger charge is -2.04. The van der Waals surface area contributed by atoms with E-state index in [-0.39, 0.29) is 0 Å². The first-order valence-electron chi connectivity index (χ1n) is 6.81. The Morgan fingerprint density at radius 2 is 2.17 bits per heavy atom. The summed E-state index contributed by atoms with van der Waals surface area (Å²) in [5.41, 5.74) is 2.97. The van der Waals surface area contributed by atoms with Gasteiger partial charge in [-0.05, 0) is 46.3 Å². The molecule has 0 spiro atoms. The zero-order valence-corrected chi connectivity index (χ0v) is 13.8. The molecule has 0 bridgehead atoms. The topological polar surface area (TPSA) is 63.8 Å². The van der Waals surface area contributed by atoms with Crippen molar-refractivity contribution in [3.8, 4) is 17.0 Å². The number of benzene rings is 1. The Morgan fingerprint density at radius 3 is 2.91 bits per heavy atom. The minimum atomic E-state index is -1.01. The summed E-state index contributed by atoms with van der Waals surface area (Å²) in [6.45, 7) is 0. The second-order valence-electron chi connectivity index (χ2n) is 4.82. The van der Waals surface area contributed by atoms with Gasteiger partial charge in [-0.3, -0.25) is 4.40 Å². The predicted molar refractivity (Wildman–Crippen MR) is 91.5 cm³/mol. The number of carbonyl (C=O) groups is 1. The Bertz CT molecular complexity index is 915. The molecule has 1 N–H and O–H groups in total. The maximum Gasteiger partial charge on any atom is 0.328 e. The van der Waals surface area contributed by atoms with Gasteiger partial charge in [0.05, 0.1) is 18.5 Å². The lowest BCUT2D eigenvalue weighted by Crippen LogP contribution is -1.91. The van der Waals surface area contributed by atoms with Crippen LogP contribution in [0, 0.1) is 0 Å². The fourth-order valence-electron chi connectivity index (χ4n) is 2.33. The molecule has 0 amide bonds. The Hall–Kier alpha value is -2.60. The molecular formula is C17H13BrN2O3. The maximum absolute atomic E-state index is 10.9. The number of hydrogen-bond acceptors (Lipinski definition) is 3. The summed E-state index contributed by atoms with van der Waals surface area (Å²) < 4.78 is 7.98. The Morgan fingerprint density at radius 1 is 1.35 bits per heavy atom. The zero-order valence-electron chi connectivity index (χ0n) is 12.2. The number of rotatable bonds is 4. The highest BCUT2D eigenvalue weighted by Gasteiger charge is 2.13. The monoisotopic (exact) mass is 372 g/mol. The van der Waals surface area contributed by atoms with Gasteiger partial charge in [-0.25, -0.2) is 9.78 Å². The number of carboxylic acids is 1. The van der Waals surface area contributed by atoms with Crippen molar-refractivity contribution < 1.29 is 14.6 Å². The molecule has 2 heterocycles. The van der Waals surface area contributed by atoms with Crippen molar-refractivity contribution in [2.45, 2.75) is 0 Å². The van der Waals surface area contributed by atoms with Gasteiger partial charge < -0.3 is 9.84 Å². The first kappa shape index (κ1) is 15.3. The van der Waals surface area contributed by atoms with Crippen LogP contribution in [0.3, 0.4) is 0 Å². The summed E-state index contributed by atoms with van der Waals surface area (Å²) in [6, 6.07) is 11.3. The highest BCUT2D eigenvalue weighted by atomic mass is 79.9. The molecule has 1 aromatic carbocycles. The second kappa shape index (κ2) is 6.26. The lowest BCUT2D eigenvalue weighted by molar-refractivity contribution is -0.131. The van der Waals surface area contributed by atoms with Crippen molar-refractivity contribution in [3.05, 3.63) is 58.8 Å². The van der Waals surface area contributed by atoms with Crippen molar-refractivity contribution in [2.75, 3.05) is 7.11 Å². The number of hydrogen-bond donors (Lipinski definition) is 1. The van der Waals surface area contributed by atoms with E-state index in [1.807, 2.05) is 47.0 Å². The fraction of sp³-hybridized carbons (Fsp3) is 0.0588. The SMILES string of the molecule is COc1cccc(-c2nc3ccc(Br)cn3c2/C=C/C(=O)O)c1. The number of aromatic nitrogens is 2. The summed E-state index contributed by atoms with van der Waals surface area (Å²) in [6.07, 6.45) is 4.51. The van der Waals surface area contributed by atoms with Gasteiger partial charge in [0, 0.05) is 22.3 Å². The van der Waals surface area contributed by atoms with Crippen LogP contribution in [-0.2, 0) is 4.79 Å². The number of fused-ring (bicyclic) bond motifs is 1. The summed E-state index contributed by atoms with van der Waals surface area (Å²) in [4.78, 5) is 15.5. The van der Waals surface area contributed by atoms with E-state index in [4.69, 9.17) is 9.84 Å². The van der Waals surface area contributed by atoms with Crippen molar-refractivity contribution >= 4 is 33.6 Å². The molecule has 3 aromatic rings. The molecule has 2 aromatic heterocycles. The third kappa shape index (κ3) is 3.12. The van der Waals surface area contributed by atoms with E-state index in [0.717, 1.165) is 21.8 Å². The summed E-state index contributed by atoms with van der Waals surface area (Å²) in [5, 5.41) is 8.94. The first-order valence-corrected chi connectivity index (χ1v) is 7.61. The fourth-order valence-corrected chi connectivity index (χ4v) is 2.67. The molecule has 0 saturated heterocycles. The molecule has 0 fully saturated rings. The van der Waals surface area contributed by atoms with E-state index >= 15 is 0 Å². The van der Waals surface area contributed by atoms with Gasteiger partial charge in [0.15, 0.2) is 0 Å². The van der Waals surface area contributed by atoms with Crippen LogP contribution < -0.4 is 4.74 Å². The normalized spacial score (nSPS) is 11.2. The van der Waals surface area contributed by atoms with Crippen LogP contribution in [0.25, 0.3) is 23.0 Å². The number of aliphatic carboxylic acids is 1. The van der Waals surface area contributed by atoms with Gasteiger partial charge in [-0.2, -0.15) is 0 Å². The predicted octanol–water partition coefficient (Wildman–Crippen LogP) is 3.87. The molecule has 116 valence electrons. The van der Waals surface area contributed by atoms with Gasteiger partial charge in [0.1, 0.15) is 11.4 Å². The van der Waals surface area contributed by atoms with Gasteiger partial charge in [0.2, 0.25) is 0 Å². The third-order valence-electron chi connectivity index (χ3n) is 3.35. The molecule has 0 aliphatic carbocycles. The first-order chi connectivity index (χ1) is 11.1. The Kier molecular flexibility index (Phi) is 4.16. The third-order valence-corrected chi connectivity index (χ3v) is 3.82. The second-order valence-corrected chi connectivity index (χ2v) is 5.74. The van der Waals surface area contributed by atoms with E-state index in [1.165, 1.54) is 0 Å². The smallest absolute Gasteiger partial charge is 0.328 e. The standard InChI is InChI=1S/C17H13BrN2O3/c1-23-13-4-2-3-11(9-13)17-14(6-8-16(21)22)20-10-12(18)5-7-15(20)19-17/h2-10H,1H3,(H,21,22)/b8-6+. The van der Waals surface area contributed by atoms with E-state index in [0.29, 0.717) is 17.1 Å². The molecule has 0 atom stereocenters. The van der Waals surface area contributed by atoms with Crippen LogP contribution in [0.2, 0.25) is 0 Å². The van der Waals surface area contributed by atoms with Crippen LogP contribution >= 0.6 is 15.9 Å². The van der Waals surface area contributed by atoms with Crippen molar-refractivity contribution in [1.29, 1.82) is 0 Å². The van der Waals surface area contributed by atoms with Crippen LogP contribution in [-0.4, -0.2) is 27.6 Å². The largest absolute Gasteiger partial charge is 0.497 e. The molecule has 0 saturated carbocycles. The van der Waals surface area contributed by atoms with Gasteiger partial charge in [-0.15, -0.1) is 0 Å². The molecule has 5 nitrogen and oxygen atoms in total. The molecule has 23 heavy (non-hydrogen) atoms. The van der Waals surface area contributed by atoms with Crippen LogP contribution in [0.4, 0.5) is 0 Å². The van der Waals surface area contributed by atoms with Crippen molar-refractivity contribution in [2.24, 2.45) is 0 Å². The number of ether oxygens (including phenoxy) is 1. The molecular weight excluding hydrogens is 360 g/mol. The minimum absolute atomic E-state index is 0.692.